The van der Waals surface area contributed by atoms with Gasteiger partial charge in [-0.05, 0) is 18.6 Å². The van der Waals surface area contributed by atoms with Crippen LogP contribution in [0.3, 0.4) is 0 Å². The Morgan fingerprint density at radius 1 is 1.44 bits per heavy atom. The monoisotopic (exact) mass is 216 g/mol. The molecule has 0 aliphatic rings. The average Bonchev–Trinajstić information content (AvgIpc) is 2.74. The number of aryl methyl sites for hydroxylation is 1. The van der Waals surface area contributed by atoms with E-state index in [0.29, 0.717) is 0 Å². The number of carbonyl (C=O) groups is 1. The summed E-state index contributed by atoms with van der Waals surface area (Å²) in [7, 11) is 0. The maximum absolute atomic E-state index is 11.6. The van der Waals surface area contributed by atoms with Crippen molar-refractivity contribution in [1.29, 1.82) is 0 Å². The summed E-state index contributed by atoms with van der Waals surface area (Å²) in [5.41, 5.74) is 1.86. The molecule has 1 aromatic heterocycles. The van der Waals surface area contributed by atoms with E-state index in [2.05, 4.69) is 15.4 Å². The van der Waals surface area contributed by atoms with Crippen LogP contribution in [0.2, 0.25) is 0 Å². The molecule has 0 atom stereocenters. The molecule has 0 aliphatic carbocycles. The summed E-state index contributed by atoms with van der Waals surface area (Å²) in [6.45, 7) is 2.12. The Balaban J connectivity index is 2.00. The second kappa shape index (κ2) is 4.57. The molecule has 0 saturated heterocycles. The molecule has 0 unspecified atom stereocenters. The molecule has 2 aromatic rings. The van der Waals surface area contributed by atoms with Crippen molar-refractivity contribution in [3.8, 4) is 0 Å². The highest BCUT2D eigenvalue weighted by atomic mass is 16.2. The molecule has 0 saturated carbocycles. The zero-order valence-electron chi connectivity index (χ0n) is 8.92. The van der Waals surface area contributed by atoms with Gasteiger partial charge in [0.05, 0.1) is 0 Å². The third-order valence-electron chi connectivity index (χ3n) is 2.19. The van der Waals surface area contributed by atoms with Gasteiger partial charge in [-0.2, -0.15) is 5.10 Å². The molecule has 0 fully saturated rings. The lowest BCUT2D eigenvalue weighted by Gasteiger charge is -2.07. The maximum atomic E-state index is 11.6. The van der Waals surface area contributed by atoms with Gasteiger partial charge >= 0.3 is 0 Å². The number of carbonyl (C=O) groups excluding carboxylic acids is 1. The van der Waals surface area contributed by atoms with Crippen molar-refractivity contribution in [2.24, 2.45) is 0 Å². The summed E-state index contributed by atoms with van der Waals surface area (Å²) in [5, 5.41) is 6.69. The molecule has 0 aliphatic heterocycles. The van der Waals surface area contributed by atoms with Crippen LogP contribution in [-0.2, 0) is 11.3 Å². The van der Waals surface area contributed by atoms with Gasteiger partial charge in [0.15, 0.2) is 0 Å². The SMILES string of the molecule is Cc1ccccc1NC(=O)Cn1cncn1. The number of benzene rings is 1. The van der Waals surface area contributed by atoms with Gasteiger partial charge in [-0.1, -0.05) is 18.2 Å². The van der Waals surface area contributed by atoms with Crippen LogP contribution < -0.4 is 5.32 Å². The van der Waals surface area contributed by atoms with E-state index >= 15 is 0 Å². The number of para-hydroxylation sites is 1. The second-order valence-electron chi connectivity index (χ2n) is 3.46. The summed E-state index contributed by atoms with van der Waals surface area (Å²) >= 11 is 0. The van der Waals surface area contributed by atoms with E-state index in [9.17, 15) is 4.79 Å². The number of anilines is 1. The highest BCUT2D eigenvalue weighted by molar-refractivity contribution is 5.91. The van der Waals surface area contributed by atoms with Crippen molar-refractivity contribution < 1.29 is 4.79 Å². The van der Waals surface area contributed by atoms with Crippen LogP contribution in [-0.4, -0.2) is 20.7 Å². The van der Waals surface area contributed by atoms with E-state index in [0.717, 1.165) is 11.3 Å². The van der Waals surface area contributed by atoms with Crippen molar-refractivity contribution in [2.45, 2.75) is 13.5 Å². The fourth-order valence-corrected chi connectivity index (χ4v) is 1.36. The van der Waals surface area contributed by atoms with Crippen LogP contribution >= 0.6 is 0 Å². The molecule has 16 heavy (non-hydrogen) atoms. The van der Waals surface area contributed by atoms with E-state index in [1.807, 2.05) is 31.2 Å². The number of aromatic nitrogens is 3. The predicted octanol–water partition coefficient (Wildman–Crippen LogP) is 1.23. The summed E-state index contributed by atoms with van der Waals surface area (Å²) in [5.74, 6) is -0.111. The van der Waals surface area contributed by atoms with Gasteiger partial charge in [0, 0.05) is 5.69 Å². The standard InChI is InChI=1S/C11H12N4O/c1-9-4-2-3-5-10(9)14-11(16)6-15-8-12-7-13-15/h2-5,7-8H,6H2,1H3,(H,14,16). The van der Waals surface area contributed by atoms with E-state index in [1.54, 1.807) is 0 Å². The Bertz CT molecular complexity index is 478. The normalized spacial score (nSPS) is 10.1. The Kier molecular flexibility index (Phi) is 2.95. The summed E-state index contributed by atoms with van der Waals surface area (Å²) in [4.78, 5) is 15.4. The molecule has 2 rings (SSSR count). The zero-order chi connectivity index (χ0) is 11.4. The van der Waals surface area contributed by atoms with Crippen molar-refractivity contribution >= 4 is 11.6 Å². The molecule has 1 heterocycles. The van der Waals surface area contributed by atoms with Gasteiger partial charge in [-0.15, -0.1) is 0 Å². The lowest BCUT2D eigenvalue weighted by Crippen LogP contribution is -2.19. The first kappa shape index (κ1) is 10.4. The van der Waals surface area contributed by atoms with E-state index < -0.39 is 0 Å². The van der Waals surface area contributed by atoms with Crippen LogP contribution in [0.15, 0.2) is 36.9 Å². The van der Waals surface area contributed by atoms with E-state index in [4.69, 9.17) is 0 Å². The Morgan fingerprint density at radius 2 is 2.25 bits per heavy atom. The van der Waals surface area contributed by atoms with Crippen LogP contribution in [0, 0.1) is 6.92 Å². The molecule has 5 nitrogen and oxygen atoms in total. The molecule has 0 spiro atoms. The van der Waals surface area contributed by atoms with Gasteiger partial charge in [-0.25, -0.2) is 9.67 Å². The van der Waals surface area contributed by atoms with Crippen LogP contribution in [0.1, 0.15) is 5.56 Å². The number of hydrogen-bond acceptors (Lipinski definition) is 3. The highest BCUT2D eigenvalue weighted by Crippen LogP contribution is 2.12. The minimum Gasteiger partial charge on any atom is -0.324 e. The quantitative estimate of drug-likeness (QED) is 0.839. The fourth-order valence-electron chi connectivity index (χ4n) is 1.36. The minimum absolute atomic E-state index is 0.111. The van der Waals surface area contributed by atoms with Crippen molar-refractivity contribution in [3.05, 3.63) is 42.5 Å². The molecule has 0 bridgehead atoms. The number of amides is 1. The first-order valence-corrected chi connectivity index (χ1v) is 4.93. The molecular weight excluding hydrogens is 204 g/mol. The Hall–Kier alpha value is -2.17. The first-order valence-electron chi connectivity index (χ1n) is 4.93. The Morgan fingerprint density at radius 3 is 2.94 bits per heavy atom. The van der Waals surface area contributed by atoms with E-state index in [1.165, 1.54) is 17.3 Å². The van der Waals surface area contributed by atoms with Crippen molar-refractivity contribution in [2.75, 3.05) is 5.32 Å². The fraction of sp³-hybridized carbons (Fsp3) is 0.182. The van der Waals surface area contributed by atoms with Crippen molar-refractivity contribution in [1.82, 2.24) is 14.8 Å². The van der Waals surface area contributed by atoms with Gasteiger partial charge < -0.3 is 5.32 Å². The smallest absolute Gasteiger partial charge is 0.246 e. The maximum Gasteiger partial charge on any atom is 0.246 e. The molecule has 82 valence electrons. The van der Waals surface area contributed by atoms with Crippen molar-refractivity contribution in [3.63, 3.8) is 0 Å². The average molecular weight is 216 g/mol. The van der Waals surface area contributed by atoms with Gasteiger partial charge in [-0.3, -0.25) is 4.79 Å². The summed E-state index contributed by atoms with van der Waals surface area (Å²) in [6, 6.07) is 7.64. The molecule has 1 N–H and O–H groups in total. The topological polar surface area (TPSA) is 59.8 Å². The summed E-state index contributed by atoms with van der Waals surface area (Å²) in [6.07, 6.45) is 2.92. The van der Waals surface area contributed by atoms with Crippen LogP contribution in [0.25, 0.3) is 0 Å². The Labute approximate surface area is 93.1 Å². The highest BCUT2D eigenvalue weighted by Gasteiger charge is 2.04. The summed E-state index contributed by atoms with van der Waals surface area (Å²) < 4.78 is 1.48. The van der Waals surface area contributed by atoms with Gasteiger partial charge in [0.25, 0.3) is 0 Å². The molecule has 0 radical (unpaired) electrons. The van der Waals surface area contributed by atoms with Gasteiger partial charge in [0.2, 0.25) is 5.91 Å². The van der Waals surface area contributed by atoms with Crippen LogP contribution in [0.4, 0.5) is 5.69 Å². The predicted molar refractivity (Wildman–Crippen MR) is 59.8 cm³/mol. The second-order valence-corrected chi connectivity index (χ2v) is 3.46. The lowest BCUT2D eigenvalue weighted by atomic mass is 10.2. The molecular formula is C11H12N4O. The third-order valence-corrected chi connectivity index (χ3v) is 2.19. The largest absolute Gasteiger partial charge is 0.324 e. The molecule has 5 heteroatoms. The zero-order valence-corrected chi connectivity index (χ0v) is 8.92. The first-order chi connectivity index (χ1) is 7.75. The lowest BCUT2D eigenvalue weighted by molar-refractivity contribution is -0.116. The van der Waals surface area contributed by atoms with Gasteiger partial charge in [0.1, 0.15) is 19.2 Å². The number of nitrogens with one attached hydrogen (secondary N) is 1. The van der Waals surface area contributed by atoms with Crippen LogP contribution in [0.5, 0.6) is 0 Å². The molecule has 1 amide bonds. The van der Waals surface area contributed by atoms with E-state index in [-0.39, 0.29) is 12.5 Å². The number of rotatable bonds is 3. The number of nitrogens with zero attached hydrogens (tertiary/aromatic N) is 3. The third kappa shape index (κ3) is 2.44. The minimum atomic E-state index is -0.111. The number of hydrogen-bond donors (Lipinski definition) is 1. The molecule has 1 aromatic carbocycles.